The average Bonchev–Trinajstić information content (AvgIpc) is 2.58. The minimum absolute atomic E-state index is 0.0945. The molecule has 0 saturated carbocycles. The molecule has 0 amide bonds. The molecular formula is C11H13F2N3. The molecule has 0 spiro atoms. The van der Waals surface area contributed by atoms with Gasteiger partial charge in [-0.25, -0.2) is 18.3 Å². The van der Waals surface area contributed by atoms with Gasteiger partial charge in [-0.05, 0) is 12.1 Å². The number of fused-ring (bicyclic) bond motifs is 1. The smallest absolute Gasteiger partial charge is 0.237 e. The molecule has 0 saturated heterocycles. The number of nitrogens with zero attached hydrogens (tertiary/aromatic N) is 3. The molecule has 16 heavy (non-hydrogen) atoms. The number of rotatable bonds is 1. The molecule has 0 aromatic carbocycles. The molecule has 2 aromatic rings. The Morgan fingerprint density at radius 3 is 2.50 bits per heavy atom. The summed E-state index contributed by atoms with van der Waals surface area (Å²) in [4.78, 5) is 4.17. The SMILES string of the molecule is CC(C)(C)c1ncc2ccc(C(F)F)n2n1. The number of hydrogen-bond acceptors (Lipinski definition) is 2. The van der Waals surface area contributed by atoms with Gasteiger partial charge in [-0.1, -0.05) is 20.8 Å². The lowest BCUT2D eigenvalue weighted by atomic mass is 9.96. The molecular weight excluding hydrogens is 212 g/mol. The standard InChI is InChI=1S/C11H13F2N3/c1-11(2,3)10-14-6-7-4-5-8(9(12)13)16(7)15-10/h4-6,9H,1-3H3. The van der Waals surface area contributed by atoms with Crippen molar-refractivity contribution in [1.29, 1.82) is 0 Å². The number of alkyl halides is 2. The van der Waals surface area contributed by atoms with Crippen molar-refractivity contribution in [3.05, 3.63) is 29.8 Å². The van der Waals surface area contributed by atoms with Crippen molar-refractivity contribution in [1.82, 2.24) is 14.6 Å². The summed E-state index contributed by atoms with van der Waals surface area (Å²) in [7, 11) is 0. The Labute approximate surface area is 92.1 Å². The minimum Gasteiger partial charge on any atom is -0.237 e. The second-order valence-corrected chi connectivity index (χ2v) is 4.73. The Balaban J connectivity index is 2.63. The third-order valence-corrected chi connectivity index (χ3v) is 2.32. The van der Waals surface area contributed by atoms with Gasteiger partial charge < -0.3 is 0 Å². The molecule has 2 rings (SSSR count). The second kappa shape index (κ2) is 3.50. The minimum atomic E-state index is -2.52. The van der Waals surface area contributed by atoms with Crippen LogP contribution in [0.3, 0.4) is 0 Å². The Kier molecular flexibility index (Phi) is 2.40. The maximum absolute atomic E-state index is 12.7. The molecule has 2 heterocycles. The highest BCUT2D eigenvalue weighted by Gasteiger charge is 2.20. The van der Waals surface area contributed by atoms with Crippen LogP contribution in [-0.4, -0.2) is 14.6 Å². The zero-order valence-corrected chi connectivity index (χ0v) is 9.41. The van der Waals surface area contributed by atoms with Crippen LogP contribution in [0.25, 0.3) is 5.52 Å². The maximum Gasteiger partial charge on any atom is 0.280 e. The fourth-order valence-electron chi connectivity index (χ4n) is 1.43. The number of halogens is 2. The van der Waals surface area contributed by atoms with Crippen molar-refractivity contribution < 1.29 is 8.78 Å². The summed E-state index contributed by atoms with van der Waals surface area (Å²) in [6.07, 6.45) is -0.954. The zero-order chi connectivity index (χ0) is 11.9. The third-order valence-electron chi connectivity index (χ3n) is 2.32. The van der Waals surface area contributed by atoms with Gasteiger partial charge in [0.15, 0.2) is 5.82 Å². The quantitative estimate of drug-likeness (QED) is 0.746. The van der Waals surface area contributed by atoms with Gasteiger partial charge in [-0.15, -0.1) is 0 Å². The van der Waals surface area contributed by atoms with Gasteiger partial charge >= 0.3 is 0 Å². The Morgan fingerprint density at radius 1 is 1.25 bits per heavy atom. The van der Waals surface area contributed by atoms with Crippen molar-refractivity contribution in [2.45, 2.75) is 32.6 Å². The van der Waals surface area contributed by atoms with Gasteiger partial charge in [-0.3, -0.25) is 0 Å². The van der Waals surface area contributed by atoms with E-state index in [1.165, 1.54) is 10.6 Å². The van der Waals surface area contributed by atoms with E-state index in [9.17, 15) is 8.78 Å². The monoisotopic (exact) mass is 225 g/mol. The molecule has 5 heteroatoms. The number of aromatic nitrogens is 3. The zero-order valence-electron chi connectivity index (χ0n) is 9.41. The second-order valence-electron chi connectivity index (χ2n) is 4.73. The van der Waals surface area contributed by atoms with Crippen LogP contribution in [0, 0.1) is 0 Å². The van der Waals surface area contributed by atoms with E-state index < -0.39 is 6.43 Å². The summed E-state index contributed by atoms with van der Waals surface area (Å²) >= 11 is 0. The van der Waals surface area contributed by atoms with Gasteiger partial charge in [0.25, 0.3) is 6.43 Å². The van der Waals surface area contributed by atoms with Crippen LogP contribution in [0.2, 0.25) is 0 Å². The highest BCUT2D eigenvalue weighted by atomic mass is 19.3. The Bertz CT molecular complexity index is 511. The summed E-state index contributed by atoms with van der Waals surface area (Å²) in [5, 5.41) is 4.15. The first-order chi connectivity index (χ1) is 7.39. The van der Waals surface area contributed by atoms with Crippen LogP contribution in [0.1, 0.15) is 38.7 Å². The molecule has 2 aromatic heterocycles. The van der Waals surface area contributed by atoms with Crippen LogP contribution in [0.4, 0.5) is 8.78 Å². The molecule has 3 nitrogen and oxygen atoms in total. The van der Waals surface area contributed by atoms with Crippen molar-refractivity contribution in [2.75, 3.05) is 0 Å². The fraction of sp³-hybridized carbons (Fsp3) is 0.455. The van der Waals surface area contributed by atoms with Crippen LogP contribution < -0.4 is 0 Å². The van der Waals surface area contributed by atoms with E-state index in [1.807, 2.05) is 20.8 Å². The molecule has 0 aliphatic rings. The molecule has 0 bridgehead atoms. The molecule has 86 valence electrons. The predicted molar refractivity (Wildman–Crippen MR) is 56.6 cm³/mol. The van der Waals surface area contributed by atoms with Crippen molar-refractivity contribution in [2.24, 2.45) is 0 Å². The van der Waals surface area contributed by atoms with Crippen molar-refractivity contribution >= 4 is 5.52 Å². The topological polar surface area (TPSA) is 30.2 Å². The van der Waals surface area contributed by atoms with E-state index in [0.29, 0.717) is 11.3 Å². The largest absolute Gasteiger partial charge is 0.280 e. The maximum atomic E-state index is 12.7. The first-order valence-corrected chi connectivity index (χ1v) is 5.03. The Hall–Kier alpha value is -1.52. The first kappa shape index (κ1) is 11.0. The molecule has 0 aliphatic carbocycles. The third kappa shape index (κ3) is 1.77. The average molecular weight is 225 g/mol. The first-order valence-electron chi connectivity index (χ1n) is 5.03. The van der Waals surface area contributed by atoms with E-state index in [1.54, 1.807) is 12.3 Å². The lowest BCUT2D eigenvalue weighted by Crippen LogP contribution is -2.18. The molecule has 0 aliphatic heterocycles. The summed E-state index contributed by atoms with van der Waals surface area (Å²) in [5.74, 6) is 0.554. The van der Waals surface area contributed by atoms with E-state index in [0.717, 1.165) is 0 Å². The summed E-state index contributed by atoms with van der Waals surface area (Å²) < 4.78 is 26.6. The van der Waals surface area contributed by atoms with Crippen LogP contribution in [0.5, 0.6) is 0 Å². The lowest BCUT2D eigenvalue weighted by Gasteiger charge is -2.16. The van der Waals surface area contributed by atoms with Gasteiger partial charge in [0.05, 0.1) is 11.7 Å². The van der Waals surface area contributed by atoms with Gasteiger partial charge in [0.1, 0.15) is 5.69 Å². The van der Waals surface area contributed by atoms with Gasteiger partial charge in [-0.2, -0.15) is 5.10 Å². The highest BCUT2D eigenvalue weighted by Crippen LogP contribution is 2.23. The summed E-state index contributed by atoms with van der Waals surface area (Å²) in [6, 6.07) is 2.97. The summed E-state index contributed by atoms with van der Waals surface area (Å²) in [5.41, 5.74) is 0.240. The normalized spacial score (nSPS) is 12.6. The van der Waals surface area contributed by atoms with Gasteiger partial charge in [0.2, 0.25) is 0 Å². The highest BCUT2D eigenvalue weighted by molar-refractivity contribution is 5.46. The van der Waals surface area contributed by atoms with Crippen LogP contribution >= 0.6 is 0 Å². The summed E-state index contributed by atoms with van der Waals surface area (Å²) in [6.45, 7) is 5.83. The van der Waals surface area contributed by atoms with E-state index in [2.05, 4.69) is 10.1 Å². The van der Waals surface area contributed by atoms with Crippen molar-refractivity contribution in [3.63, 3.8) is 0 Å². The number of hydrogen-bond donors (Lipinski definition) is 0. The molecule has 0 fully saturated rings. The molecule has 0 radical (unpaired) electrons. The van der Waals surface area contributed by atoms with Gasteiger partial charge in [0, 0.05) is 5.41 Å². The van der Waals surface area contributed by atoms with Crippen LogP contribution in [0.15, 0.2) is 18.3 Å². The molecule has 0 N–H and O–H groups in total. The van der Waals surface area contributed by atoms with Crippen LogP contribution in [-0.2, 0) is 5.41 Å². The molecule has 0 atom stereocenters. The van der Waals surface area contributed by atoms with E-state index >= 15 is 0 Å². The van der Waals surface area contributed by atoms with Crippen molar-refractivity contribution in [3.8, 4) is 0 Å². The molecule has 0 unspecified atom stereocenters. The predicted octanol–water partition coefficient (Wildman–Crippen LogP) is 2.96. The Morgan fingerprint density at radius 2 is 1.94 bits per heavy atom. The van der Waals surface area contributed by atoms with E-state index in [4.69, 9.17) is 0 Å². The lowest BCUT2D eigenvalue weighted by molar-refractivity contribution is 0.143. The van der Waals surface area contributed by atoms with E-state index in [-0.39, 0.29) is 11.1 Å². The fourth-order valence-corrected chi connectivity index (χ4v) is 1.43.